The Bertz CT molecular complexity index is 509. The summed E-state index contributed by atoms with van der Waals surface area (Å²) in [4.78, 5) is 0. The summed E-state index contributed by atoms with van der Waals surface area (Å²) in [6.45, 7) is 2.29. The maximum Gasteiger partial charge on any atom is 0.159 e. The van der Waals surface area contributed by atoms with Crippen molar-refractivity contribution in [1.29, 1.82) is 0 Å². The second-order valence-electron chi connectivity index (χ2n) is 8.21. The van der Waals surface area contributed by atoms with Crippen molar-refractivity contribution in [1.82, 2.24) is 0 Å². The van der Waals surface area contributed by atoms with Gasteiger partial charge in [0.2, 0.25) is 0 Å². The van der Waals surface area contributed by atoms with Crippen molar-refractivity contribution in [3.8, 4) is 0 Å². The van der Waals surface area contributed by atoms with Gasteiger partial charge in [-0.3, -0.25) is 0 Å². The zero-order valence-electron chi connectivity index (χ0n) is 15.1. The van der Waals surface area contributed by atoms with Gasteiger partial charge in [-0.2, -0.15) is 0 Å². The lowest BCUT2D eigenvalue weighted by Crippen LogP contribution is -2.25. The second-order valence-corrected chi connectivity index (χ2v) is 8.21. The molecule has 0 N–H and O–H groups in total. The Balaban J connectivity index is 1.46. The van der Waals surface area contributed by atoms with Crippen LogP contribution in [-0.4, -0.2) is 0 Å². The molecule has 0 unspecified atom stereocenters. The highest BCUT2D eigenvalue weighted by Gasteiger charge is 2.31. The first-order chi connectivity index (χ1) is 11.7. The SMILES string of the molecule is CCCC[C@H]1CC[C@H](C2CCC(c3ccc(F)c(F)c3)CC2)CC1. The Hall–Kier alpha value is -0.920. The van der Waals surface area contributed by atoms with Gasteiger partial charge in [-0.1, -0.05) is 45.1 Å². The molecular weight excluding hydrogens is 302 g/mol. The molecule has 0 amide bonds. The molecule has 0 heterocycles. The Morgan fingerprint density at radius 1 is 0.833 bits per heavy atom. The van der Waals surface area contributed by atoms with E-state index < -0.39 is 11.6 Å². The van der Waals surface area contributed by atoms with Crippen molar-refractivity contribution < 1.29 is 8.78 Å². The van der Waals surface area contributed by atoms with E-state index in [-0.39, 0.29) is 0 Å². The highest BCUT2D eigenvalue weighted by Crippen LogP contribution is 2.44. The third-order valence-electron chi connectivity index (χ3n) is 6.71. The highest BCUT2D eigenvalue weighted by atomic mass is 19.2. The highest BCUT2D eigenvalue weighted by molar-refractivity contribution is 5.22. The molecule has 0 radical (unpaired) electrons. The molecule has 0 bridgehead atoms. The van der Waals surface area contributed by atoms with Crippen molar-refractivity contribution in [3.05, 3.63) is 35.4 Å². The van der Waals surface area contributed by atoms with Crippen LogP contribution in [0.2, 0.25) is 0 Å². The van der Waals surface area contributed by atoms with E-state index in [2.05, 4.69) is 6.92 Å². The molecule has 0 nitrogen and oxygen atoms in total. The minimum absolute atomic E-state index is 0.428. The van der Waals surface area contributed by atoms with E-state index in [4.69, 9.17) is 0 Å². The van der Waals surface area contributed by atoms with E-state index in [1.165, 1.54) is 69.9 Å². The van der Waals surface area contributed by atoms with Crippen LogP contribution in [-0.2, 0) is 0 Å². The van der Waals surface area contributed by atoms with Crippen LogP contribution >= 0.6 is 0 Å². The monoisotopic (exact) mass is 334 g/mol. The maximum absolute atomic E-state index is 13.5. The number of rotatable bonds is 5. The Kier molecular flexibility index (Phi) is 6.30. The molecule has 2 saturated carbocycles. The van der Waals surface area contributed by atoms with Crippen molar-refractivity contribution in [2.45, 2.75) is 83.5 Å². The van der Waals surface area contributed by atoms with Gasteiger partial charge in [0.15, 0.2) is 11.6 Å². The molecule has 134 valence electrons. The summed E-state index contributed by atoms with van der Waals surface area (Å²) in [5.41, 5.74) is 0.996. The largest absolute Gasteiger partial charge is 0.204 e. The molecule has 0 spiro atoms. The van der Waals surface area contributed by atoms with E-state index in [1.54, 1.807) is 6.07 Å². The topological polar surface area (TPSA) is 0 Å². The first-order valence-electron chi connectivity index (χ1n) is 10.1. The van der Waals surface area contributed by atoms with Crippen LogP contribution in [0.3, 0.4) is 0 Å². The van der Waals surface area contributed by atoms with Gasteiger partial charge >= 0.3 is 0 Å². The van der Waals surface area contributed by atoms with Crippen LogP contribution in [0.1, 0.15) is 89.0 Å². The fourth-order valence-corrected chi connectivity index (χ4v) is 5.13. The lowest BCUT2D eigenvalue weighted by atomic mass is 9.68. The number of unbranched alkanes of at least 4 members (excludes halogenated alkanes) is 1. The third kappa shape index (κ3) is 4.37. The molecule has 2 heteroatoms. The number of hydrogen-bond acceptors (Lipinski definition) is 0. The molecule has 2 aliphatic carbocycles. The molecule has 0 aromatic heterocycles. The Labute approximate surface area is 146 Å². The second kappa shape index (κ2) is 8.45. The molecule has 0 saturated heterocycles. The molecule has 0 atom stereocenters. The third-order valence-corrected chi connectivity index (χ3v) is 6.71. The van der Waals surface area contributed by atoms with Gasteiger partial charge < -0.3 is 0 Å². The number of halogens is 2. The molecule has 3 rings (SSSR count). The summed E-state index contributed by atoms with van der Waals surface area (Å²) < 4.78 is 26.6. The summed E-state index contributed by atoms with van der Waals surface area (Å²) >= 11 is 0. The lowest BCUT2D eigenvalue weighted by molar-refractivity contribution is 0.156. The van der Waals surface area contributed by atoms with E-state index >= 15 is 0 Å². The molecule has 2 aliphatic rings. The average molecular weight is 334 g/mol. The van der Waals surface area contributed by atoms with Gasteiger partial charge in [0.1, 0.15) is 0 Å². The quantitative estimate of drug-likeness (QED) is 0.532. The maximum atomic E-state index is 13.5. The van der Waals surface area contributed by atoms with Gasteiger partial charge in [-0.15, -0.1) is 0 Å². The molecule has 2 fully saturated rings. The predicted molar refractivity (Wildman–Crippen MR) is 96.0 cm³/mol. The smallest absolute Gasteiger partial charge is 0.159 e. The standard InChI is InChI=1S/C22H32F2/c1-2-3-4-16-5-7-17(8-6-16)18-9-11-19(12-10-18)20-13-14-21(23)22(24)15-20/h13-19H,2-12H2,1H3/t16-,17-,18?,19?. The van der Waals surface area contributed by atoms with Crippen LogP contribution in [0.15, 0.2) is 18.2 Å². The van der Waals surface area contributed by atoms with Gasteiger partial charge in [-0.05, 0) is 79.9 Å². The minimum atomic E-state index is -0.729. The van der Waals surface area contributed by atoms with Gasteiger partial charge in [0.05, 0.1) is 0 Å². The molecule has 1 aromatic carbocycles. The summed E-state index contributed by atoms with van der Waals surface area (Å²) in [5, 5.41) is 0. The van der Waals surface area contributed by atoms with Crippen LogP contribution in [0, 0.1) is 29.4 Å². The predicted octanol–water partition coefficient (Wildman–Crippen LogP) is 7.24. The molecular formula is C22H32F2. The van der Waals surface area contributed by atoms with Crippen LogP contribution in [0.4, 0.5) is 8.78 Å². The average Bonchev–Trinajstić information content (AvgIpc) is 2.63. The lowest BCUT2D eigenvalue weighted by Gasteiger charge is -2.38. The van der Waals surface area contributed by atoms with Crippen molar-refractivity contribution in [3.63, 3.8) is 0 Å². The zero-order valence-corrected chi connectivity index (χ0v) is 15.1. The first-order valence-corrected chi connectivity index (χ1v) is 10.1. The normalized spacial score (nSPS) is 31.1. The van der Waals surface area contributed by atoms with Crippen LogP contribution < -0.4 is 0 Å². The van der Waals surface area contributed by atoms with Crippen LogP contribution in [0.25, 0.3) is 0 Å². The Morgan fingerprint density at radius 3 is 2.04 bits per heavy atom. The molecule has 24 heavy (non-hydrogen) atoms. The zero-order chi connectivity index (χ0) is 16.9. The van der Waals surface area contributed by atoms with E-state index in [0.29, 0.717) is 5.92 Å². The fraction of sp³-hybridized carbons (Fsp3) is 0.727. The van der Waals surface area contributed by atoms with E-state index in [9.17, 15) is 8.78 Å². The van der Waals surface area contributed by atoms with Crippen molar-refractivity contribution >= 4 is 0 Å². The number of hydrogen-bond donors (Lipinski definition) is 0. The summed E-state index contributed by atoms with van der Waals surface area (Å²) in [5.74, 6) is 1.79. The van der Waals surface area contributed by atoms with Crippen molar-refractivity contribution in [2.24, 2.45) is 17.8 Å². The summed E-state index contributed by atoms with van der Waals surface area (Å²) in [6, 6.07) is 4.48. The first kappa shape index (κ1) is 17.9. The summed E-state index contributed by atoms with van der Waals surface area (Å²) in [6.07, 6.45) is 14.7. The fourth-order valence-electron chi connectivity index (χ4n) is 5.13. The molecule has 1 aromatic rings. The number of benzene rings is 1. The minimum Gasteiger partial charge on any atom is -0.204 e. The van der Waals surface area contributed by atoms with Crippen LogP contribution in [0.5, 0.6) is 0 Å². The van der Waals surface area contributed by atoms with Gasteiger partial charge in [0, 0.05) is 0 Å². The molecule has 0 aliphatic heterocycles. The van der Waals surface area contributed by atoms with Gasteiger partial charge in [0.25, 0.3) is 0 Å². The van der Waals surface area contributed by atoms with Gasteiger partial charge in [-0.25, -0.2) is 8.78 Å². The Morgan fingerprint density at radius 2 is 1.46 bits per heavy atom. The van der Waals surface area contributed by atoms with Crippen molar-refractivity contribution in [2.75, 3.05) is 0 Å². The summed E-state index contributed by atoms with van der Waals surface area (Å²) in [7, 11) is 0. The van der Waals surface area contributed by atoms with E-state index in [0.717, 1.165) is 36.2 Å². The van der Waals surface area contributed by atoms with E-state index in [1.807, 2.05) is 0 Å².